The lowest BCUT2D eigenvalue weighted by Crippen LogP contribution is -2.42. The molecule has 3 fully saturated rings. The molecule has 0 saturated carbocycles. The Morgan fingerprint density at radius 2 is 1.72 bits per heavy atom. The summed E-state index contributed by atoms with van der Waals surface area (Å²) in [5, 5.41) is 0. The molecule has 0 N–H and O–H groups in total. The zero-order valence-electron chi connectivity index (χ0n) is 27.1. The van der Waals surface area contributed by atoms with E-state index in [2.05, 4.69) is 18.4 Å². The number of amides is 3. The van der Waals surface area contributed by atoms with Crippen LogP contribution in [0.3, 0.4) is 0 Å². The van der Waals surface area contributed by atoms with Gasteiger partial charge in [0.05, 0.1) is 56.6 Å². The number of hydrogen-bond acceptors (Lipinski definition) is 9. The summed E-state index contributed by atoms with van der Waals surface area (Å²) in [5.74, 6) is -1.28. The van der Waals surface area contributed by atoms with Gasteiger partial charge in [0.1, 0.15) is 11.9 Å². The number of allylic oxidation sites excluding steroid dienone is 3. The first-order chi connectivity index (χ1) is 22.7. The number of morpholine rings is 2. The molecule has 0 spiro atoms. The zero-order chi connectivity index (χ0) is 33.9. The van der Waals surface area contributed by atoms with E-state index < -0.39 is 23.8 Å². The predicted molar refractivity (Wildman–Crippen MR) is 177 cm³/mol. The highest BCUT2D eigenvalue weighted by Crippen LogP contribution is 2.27. The molecule has 14 heteroatoms. The van der Waals surface area contributed by atoms with E-state index in [4.69, 9.17) is 14.2 Å². The SMILES string of the molecule is CC(=O)N(C[C@H](C)CN(C=O)c1ccc(N2CCOCC2)c(F)c1)C[C@H]1CN(C2=C=CC(F)=C(N3CCOCC3)C=C2)C(=O)O1.CS. The third kappa shape index (κ3) is 9.38. The van der Waals surface area contributed by atoms with Gasteiger partial charge in [-0.15, -0.1) is 0 Å². The summed E-state index contributed by atoms with van der Waals surface area (Å²) in [6.45, 7) is 8.52. The Bertz CT molecular complexity index is 1410. The minimum absolute atomic E-state index is 0.137. The smallest absolute Gasteiger partial charge is 0.415 e. The largest absolute Gasteiger partial charge is 0.442 e. The summed E-state index contributed by atoms with van der Waals surface area (Å²) < 4.78 is 46.1. The Labute approximate surface area is 280 Å². The van der Waals surface area contributed by atoms with Gasteiger partial charge >= 0.3 is 6.09 Å². The van der Waals surface area contributed by atoms with Crippen LogP contribution in [0.2, 0.25) is 0 Å². The van der Waals surface area contributed by atoms with Crippen molar-refractivity contribution in [1.82, 2.24) is 14.7 Å². The van der Waals surface area contributed by atoms with E-state index >= 15 is 0 Å². The Morgan fingerprint density at radius 1 is 1.06 bits per heavy atom. The fraction of sp³-hybridized carbons (Fsp3) is 0.515. The molecule has 1 aliphatic carbocycles. The maximum absolute atomic E-state index is 15.0. The third-order valence-corrected chi connectivity index (χ3v) is 8.16. The van der Waals surface area contributed by atoms with Crippen molar-refractivity contribution in [2.45, 2.75) is 20.0 Å². The van der Waals surface area contributed by atoms with Gasteiger partial charge in [-0.1, -0.05) is 12.7 Å². The van der Waals surface area contributed by atoms with Gasteiger partial charge in [-0.3, -0.25) is 14.5 Å². The molecule has 3 saturated heterocycles. The molecule has 3 aliphatic heterocycles. The number of cyclic esters (lactones) is 1. The minimum Gasteiger partial charge on any atom is -0.442 e. The molecule has 1 aromatic rings. The number of halogens is 2. The second-order valence-corrected chi connectivity index (χ2v) is 11.5. The van der Waals surface area contributed by atoms with E-state index in [1.807, 2.05) is 16.7 Å². The van der Waals surface area contributed by atoms with Crippen molar-refractivity contribution in [1.29, 1.82) is 0 Å². The average molecular weight is 676 g/mol. The van der Waals surface area contributed by atoms with Gasteiger partial charge < -0.3 is 33.8 Å². The standard InChI is InChI=1S/C32H39F2N5O6.CH4S/c1-23(19-38(22-40)26-5-8-31(29(34)17-26)36-11-15-44-16-12-36)18-37(24(2)41)20-27-21-39(32(42)45-27)25-3-6-28(33)30(7-4-25)35-9-13-43-14-10-35;1-2/h4-8,17,22-23,27H,9-16,18-21H2,1-2H3;2H,1H3/t23-,27-;/m0./s1. The number of anilines is 2. The third-order valence-electron chi connectivity index (χ3n) is 8.16. The molecule has 1 aromatic carbocycles. The number of benzene rings is 1. The molecular weight excluding hydrogens is 632 g/mol. The molecule has 2 atom stereocenters. The monoisotopic (exact) mass is 675 g/mol. The number of thiol groups is 1. The Balaban J connectivity index is 0.00000245. The molecule has 47 heavy (non-hydrogen) atoms. The average Bonchev–Trinajstić information content (AvgIpc) is 3.33. The maximum Gasteiger partial charge on any atom is 0.415 e. The summed E-state index contributed by atoms with van der Waals surface area (Å²) in [6.07, 6.45) is 5.58. The van der Waals surface area contributed by atoms with Crippen molar-refractivity contribution in [2.24, 2.45) is 5.92 Å². The van der Waals surface area contributed by atoms with Gasteiger partial charge in [0, 0.05) is 58.0 Å². The summed E-state index contributed by atoms with van der Waals surface area (Å²) >= 11 is 3.53. The zero-order valence-corrected chi connectivity index (χ0v) is 28.0. The molecule has 0 aromatic heterocycles. The van der Waals surface area contributed by atoms with Gasteiger partial charge in [0.2, 0.25) is 12.3 Å². The van der Waals surface area contributed by atoms with Crippen LogP contribution in [0, 0.1) is 11.7 Å². The number of nitrogens with zero attached hydrogens (tertiary/aromatic N) is 5. The van der Waals surface area contributed by atoms with E-state index in [0.717, 1.165) is 0 Å². The van der Waals surface area contributed by atoms with Crippen LogP contribution < -0.4 is 9.80 Å². The topological polar surface area (TPSA) is 95.1 Å². The minimum atomic E-state index is -0.625. The summed E-state index contributed by atoms with van der Waals surface area (Å²) in [5.41, 5.74) is 4.50. The number of hydrogen-bond donors (Lipinski definition) is 1. The number of carbonyl (C=O) groups excluding carboxylic acids is 3. The van der Waals surface area contributed by atoms with Crippen LogP contribution >= 0.6 is 12.6 Å². The van der Waals surface area contributed by atoms with Crippen LogP contribution in [0.15, 0.2) is 59.4 Å². The van der Waals surface area contributed by atoms with Crippen molar-refractivity contribution in [3.8, 4) is 0 Å². The fourth-order valence-corrected chi connectivity index (χ4v) is 5.83. The van der Waals surface area contributed by atoms with Crippen molar-refractivity contribution >= 4 is 42.4 Å². The number of carbonyl (C=O) groups is 3. The lowest BCUT2D eigenvalue weighted by Gasteiger charge is -2.30. The van der Waals surface area contributed by atoms with E-state index in [0.29, 0.717) is 81.8 Å². The van der Waals surface area contributed by atoms with Gasteiger partial charge in [0.25, 0.3) is 0 Å². The molecule has 11 nitrogen and oxygen atoms in total. The number of ether oxygens (including phenoxy) is 3. The van der Waals surface area contributed by atoms with Crippen molar-refractivity contribution in [2.75, 3.05) is 94.8 Å². The molecule has 3 amide bonds. The van der Waals surface area contributed by atoms with E-state index in [-0.39, 0.29) is 38.0 Å². The molecule has 0 unspecified atom stereocenters. The van der Waals surface area contributed by atoms with Gasteiger partial charge in [0.15, 0.2) is 5.83 Å². The first-order valence-corrected chi connectivity index (χ1v) is 16.5. The second kappa shape index (κ2) is 17.4. The molecule has 4 aliphatic rings. The van der Waals surface area contributed by atoms with Crippen LogP contribution in [0.5, 0.6) is 0 Å². The maximum atomic E-state index is 15.0. The highest BCUT2D eigenvalue weighted by molar-refractivity contribution is 7.79. The molecule has 0 radical (unpaired) electrons. The first-order valence-electron chi connectivity index (χ1n) is 15.6. The van der Waals surface area contributed by atoms with Gasteiger partial charge in [-0.2, -0.15) is 12.6 Å². The van der Waals surface area contributed by atoms with Crippen LogP contribution in [-0.4, -0.2) is 124 Å². The predicted octanol–water partition coefficient (Wildman–Crippen LogP) is 3.60. The van der Waals surface area contributed by atoms with E-state index in [1.165, 1.54) is 28.9 Å². The van der Waals surface area contributed by atoms with Gasteiger partial charge in [-0.05, 0) is 42.5 Å². The Kier molecular flexibility index (Phi) is 13.3. The van der Waals surface area contributed by atoms with E-state index in [9.17, 15) is 23.2 Å². The van der Waals surface area contributed by atoms with Gasteiger partial charge in [-0.25, -0.2) is 13.6 Å². The summed E-state index contributed by atoms with van der Waals surface area (Å²) in [7, 11) is 0. The molecule has 0 bridgehead atoms. The first kappa shape index (κ1) is 36.0. The highest BCUT2D eigenvalue weighted by Gasteiger charge is 2.35. The van der Waals surface area contributed by atoms with Crippen molar-refractivity contribution < 1.29 is 37.4 Å². The lowest BCUT2D eigenvalue weighted by atomic mass is 10.1. The molecular formula is C33H43F2N5O6S. The molecule has 3 heterocycles. The Hall–Kier alpha value is -3.84. The lowest BCUT2D eigenvalue weighted by molar-refractivity contribution is -0.130. The van der Waals surface area contributed by atoms with E-state index in [1.54, 1.807) is 35.4 Å². The Morgan fingerprint density at radius 3 is 2.34 bits per heavy atom. The highest BCUT2D eigenvalue weighted by atomic mass is 32.1. The van der Waals surface area contributed by atoms with Crippen LogP contribution in [-0.2, 0) is 23.8 Å². The van der Waals surface area contributed by atoms with Crippen LogP contribution in [0.25, 0.3) is 0 Å². The molecule has 256 valence electrons. The molecule has 5 rings (SSSR count). The second-order valence-electron chi connectivity index (χ2n) is 11.5. The summed E-state index contributed by atoms with van der Waals surface area (Å²) in [6, 6.07) is 4.72. The number of rotatable bonds is 11. The van der Waals surface area contributed by atoms with Crippen molar-refractivity contribution in [3.05, 3.63) is 65.2 Å². The van der Waals surface area contributed by atoms with Crippen molar-refractivity contribution in [3.63, 3.8) is 0 Å². The van der Waals surface area contributed by atoms with Crippen LogP contribution in [0.4, 0.5) is 25.0 Å². The normalized spacial score (nSPS) is 20.2. The van der Waals surface area contributed by atoms with Crippen LogP contribution in [0.1, 0.15) is 13.8 Å². The quantitative estimate of drug-likeness (QED) is 0.216. The fourth-order valence-electron chi connectivity index (χ4n) is 5.83. The summed E-state index contributed by atoms with van der Waals surface area (Å²) in [4.78, 5) is 45.5.